The van der Waals surface area contributed by atoms with Gasteiger partial charge in [-0.2, -0.15) is 0 Å². The maximum Gasteiger partial charge on any atom is 0.256 e. The first-order valence-corrected chi connectivity index (χ1v) is 5.83. The molecule has 86 valence electrons. The number of nitrogens with one attached hydrogen (secondary N) is 1. The van der Waals surface area contributed by atoms with E-state index >= 15 is 0 Å². The van der Waals surface area contributed by atoms with Crippen molar-refractivity contribution in [1.29, 1.82) is 0 Å². The summed E-state index contributed by atoms with van der Waals surface area (Å²) in [6.45, 7) is 4.39. The largest absolute Gasteiger partial charge is 0.313 e. The van der Waals surface area contributed by atoms with Crippen molar-refractivity contribution in [2.24, 2.45) is 16.8 Å². The van der Waals surface area contributed by atoms with Gasteiger partial charge in [0, 0.05) is 6.21 Å². The number of H-pyrrole nitrogens is 1. The van der Waals surface area contributed by atoms with E-state index in [1.165, 1.54) is 6.33 Å². The molecule has 0 saturated carbocycles. The first-order valence-electron chi connectivity index (χ1n) is 5.83. The highest BCUT2D eigenvalue weighted by molar-refractivity contribution is 5.66. The molecule has 1 aliphatic rings. The number of aromatic nitrogens is 2. The van der Waals surface area contributed by atoms with Crippen molar-refractivity contribution < 1.29 is 0 Å². The summed E-state index contributed by atoms with van der Waals surface area (Å²) in [5.41, 5.74) is 0.671. The summed E-state index contributed by atoms with van der Waals surface area (Å²) in [6.07, 6.45) is 6.25. The Labute approximate surface area is 94.8 Å². The first-order chi connectivity index (χ1) is 7.72. The summed E-state index contributed by atoms with van der Waals surface area (Å²) < 4.78 is 0. The third kappa shape index (κ3) is 2.05. The van der Waals surface area contributed by atoms with Crippen LogP contribution in [0.2, 0.25) is 0 Å². The average Bonchev–Trinajstić information content (AvgIpc) is 2.26. The summed E-state index contributed by atoms with van der Waals surface area (Å²) in [7, 11) is 0. The number of hydrogen-bond acceptors (Lipinski definition) is 3. The van der Waals surface area contributed by atoms with E-state index in [4.69, 9.17) is 0 Å². The summed E-state index contributed by atoms with van der Waals surface area (Å²) in [4.78, 5) is 22.7. The van der Waals surface area contributed by atoms with Gasteiger partial charge in [-0.05, 0) is 31.1 Å². The molecule has 0 spiro atoms. The second kappa shape index (κ2) is 4.60. The van der Waals surface area contributed by atoms with Gasteiger partial charge in [-0.15, -0.1) is 0 Å². The average molecular weight is 219 g/mol. The highest BCUT2D eigenvalue weighted by Gasteiger charge is 2.18. The van der Waals surface area contributed by atoms with Gasteiger partial charge in [0.2, 0.25) is 0 Å². The molecular formula is C12H17N3O. The first kappa shape index (κ1) is 11.0. The molecule has 0 radical (unpaired) electrons. The van der Waals surface area contributed by atoms with Gasteiger partial charge in [-0.25, -0.2) is 9.98 Å². The molecule has 1 aromatic rings. The van der Waals surface area contributed by atoms with Crippen LogP contribution < -0.4 is 5.56 Å². The normalized spacial score (nSPS) is 26.6. The molecule has 0 aliphatic carbocycles. The van der Waals surface area contributed by atoms with Crippen LogP contribution >= 0.6 is 0 Å². The molecule has 2 heterocycles. The molecule has 0 bridgehead atoms. The van der Waals surface area contributed by atoms with Crippen LogP contribution in [0.1, 0.15) is 32.3 Å². The minimum absolute atomic E-state index is 0.0516. The fourth-order valence-electron chi connectivity index (χ4n) is 2.16. The van der Waals surface area contributed by atoms with Gasteiger partial charge in [0.1, 0.15) is 0 Å². The lowest BCUT2D eigenvalue weighted by molar-refractivity contribution is 0.417. The van der Waals surface area contributed by atoms with Crippen molar-refractivity contribution in [2.75, 3.05) is 0 Å². The number of aliphatic imine (C=N–C) groups is 1. The Morgan fingerprint density at radius 3 is 3.12 bits per heavy atom. The molecule has 1 aliphatic heterocycles. The Morgan fingerprint density at radius 2 is 2.38 bits per heavy atom. The summed E-state index contributed by atoms with van der Waals surface area (Å²) >= 11 is 0. The summed E-state index contributed by atoms with van der Waals surface area (Å²) in [5.74, 6) is 1.66. The van der Waals surface area contributed by atoms with Gasteiger partial charge < -0.3 is 4.98 Å². The van der Waals surface area contributed by atoms with Crippen molar-refractivity contribution in [1.82, 2.24) is 9.97 Å². The van der Waals surface area contributed by atoms with Crippen LogP contribution in [0, 0.1) is 11.8 Å². The minimum Gasteiger partial charge on any atom is -0.313 e. The van der Waals surface area contributed by atoms with Crippen molar-refractivity contribution in [3.8, 4) is 0 Å². The fourth-order valence-corrected chi connectivity index (χ4v) is 2.16. The molecule has 0 aromatic carbocycles. The molecule has 1 aromatic heterocycles. The smallest absolute Gasteiger partial charge is 0.256 e. The Bertz CT molecular complexity index is 450. The van der Waals surface area contributed by atoms with Crippen LogP contribution in [0.4, 0.5) is 5.82 Å². The highest BCUT2D eigenvalue weighted by Crippen LogP contribution is 2.24. The predicted molar refractivity (Wildman–Crippen MR) is 64.3 cm³/mol. The van der Waals surface area contributed by atoms with E-state index in [1.807, 2.05) is 6.21 Å². The van der Waals surface area contributed by atoms with E-state index in [1.54, 1.807) is 0 Å². The van der Waals surface area contributed by atoms with Crippen LogP contribution in [0.15, 0.2) is 16.1 Å². The van der Waals surface area contributed by atoms with Crippen LogP contribution in [-0.4, -0.2) is 16.2 Å². The van der Waals surface area contributed by atoms with Gasteiger partial charge in [0.05, 0.1) is 11.9 Å². The molecule has 1 N–H and O–H groups in total. The quantitative estimate of drug-likeness (QED) is 0.786. The fraction of sp³-hybridized carbons (Fsp3) is 0.583. The van der Waals surface area contributed by atoms with E-state index in [0.717, 1.165) is 24.8 Å². The zero-order chi connectivity index (χ0) is 11.5. The Morgan fingerprint density at radius 1 is 1.56 bits per heavy atom. The van der Waals surface area contributed by atoms with E-state index in [-0.39, 0.29) is 5.56 Å². The number of nitrogens with zero attached hydrogens (tertiary/aromatic N) is 2. The zero-order valence-electron chi connectivity index (χ0n) is 9.73. The number of rotatable bonds is 1. The molecule has 2 rings (SSSR count). The van der Waals surface area contributed by atoms with Gasteiger partial charge >= 0.3 is 0 Å². The zero-order valence-corrected chi connectivity index (χ0v) is 9.73. The number of fused-ring (bicyclic) bond motifs is 1. The van der Waals surface area contributed by atoms with Crippen LogP contribution in [0.3, 0.4) is 0 Å². The molecule has 0 saturated heterocycles. The van der Waals surface area contributed by atoms with Gasteiger partial charge in [-0.3, -0.25) is 4.79 Å². The van der Waals surface area contributed by atoms with Gasteiger partial charge in [-0.1, -0.05) is 13.8 Å². The molecule has 0 fully saturated rings. The van der Waals surface area contributed by atoms with Crippen molar-refractivity contribution in [3.05, 3.63) is 22.2 Å². The monoisotopic (exact) mass is 219 g/mol. The van der Waals surface area contributed by atoms with Crippen molar-refractivity contribution in [2.45, 2.75) is 33.1 Å². The second-order valence-electron chi connectivity index (χ2n) is 4.40. The van der Waals surface area contributed by atoms with Gasteiger partial charge in [0.15, 0.2) is 5.82 Å². The lowest BCUT2D eigenvalue weighted by Crippen LogP contribution is -2.20. The number of aromatic amines is 1. The Balaban J connectivity index is 2.41. The lowest BCUT2D eigenvalue weighted by Gasteiger charge is -2.20. The highest BCUT2D eigenvalue weighted by atomic mass is 16.1. The molecule has 4 heteroatoms. The Kier molecular flexibility index (Phi) is 3.17. The number of hydrogen-bond donors (Lipinski definition) is 1. The van der Waals surface area contributed by atoms with Crippen LogP contribution in [0.25, 0.3) is 0 Å². The van der Waals surface area contributed by atoms with E-state index in [2.05, 4.69) is 28.8 Å². The molecule has 0 amide bonds. The molecule has 2 atom stereocenters. The van der Waals surface area contributed by atoms with E-state index in [9.17, 15) is 4.79 Å². The maximum absolute atomic E-state index is 11.6. The minimum atomic E-state index is -0.0516. The SMILES string of the molecule is CCC1/C=N\c2nc[nH]c(=O)c2CCC1C. The third-order valence-electron chi connectivity index (χ3n) is 3.37. The van der Waals surface area contributed by atoms with E-state index in [0.29, 0.717) is 17.7 Å². The second-order valence-corrected chi connectivity index (χ2v) is 4.40. The third-order valence-corrected chi connectivity index (χ3v) is 3.37. The van der Waals surface area contributed by atoms with Crippen molar-refractivity contribution >= 4 is 12.0 Å². The maximum atomic E-state index is 11.6. The molecular weight excluding hydrogens is 202 g/mol. The molecule has 2 unspecified atom stereocenters. The lowest BCUT2D eigenvalue weighted by atomic mass is 9.87. The summed E-state index contributed by atoms with van der Waals surface area (Å²) in [6, 6.07) is 0. The molecule has 4 nitrogen and oxygen atoms in total. The predicted octanol–water partition coefficient (Wildman–Crippen LogP) is 2.08. The summed E-state index contributed by atoms with van der Waals surface area (Å²) in [5, 5.41) is 0. The Hall–Kier alpha value is -1.45. The van der Waals surface area contributed by atoms with E-state index < -0.39 is 0 Å². The van der Waals surface area contributed by atoms with Crippen LogP contribution in [-0.2, 0) is 6.42 Å². The van der Waals surface area contributed by atoms with Crippen molar-refractivity contribution in [3.63, 3.8) is 0 Å². The topological polar surface area (TPSA) is 58.1 Å². The van der Waals surface area contributed by atoms with Crippen LogP contribution in [0.5, 0.6) is 0 Å². The van der Waals surface area contributed by atoms with Gasteiger partial charge in [0.25, 0.3) is 5.56 Å². The molecule has 16 heavy (non-hydrogen) atoms. The standard InChI is InChI=1S/C12H17N3O/c1-3-9-6-13-11-10(5-4-8(9)2)12(16)15-7-14-11/h6-9H,3-5H2,1-2H3,(H,14,15,16)/b13-6-.